The topological polar surface area (TPSA) is 88.8 Å². The lowest BCUT2D eigenvalue weighted by Crippen LogP contribution is -2.55. The first kappa shape index (κ1) is 18.7. The van der Waals surface area contributed by atoms with E-state index in [0.29, 0.717) is 0 Å². The minimum atomic E-state index is -0.785. The van der Waals surface area contributed by atoms with E-state index in [1.54, 1.807) is 12.4 Å². The van der Waals surface area contributed by atoms with Gasteiger partial charge in [-0.3, -0.25) is 14.6 Å². The summed E-state index contributed by atoms with van der Waals surface area (Å²) in [4.78, 5) is 36.2. The normalized spacial score (nSPS) is 21.8. The fourth-order valence-corrected chi connectivity index (χ4v) is 4.02. The fraction of sp³-hybridized carbons (Fsp3) is 0.364. The molecule has 8 nitrogen and oxygen atoms in total. The Labute approximate surface area is 173 Å². The monoisotopic (exact) mass is 405 g/mol. The third kappa shape index (κ3) is 3.54. The Morgan fingerprint density at radius 1 is 1.33 bits per heavy atom. The van der Waals surface area contributed by atoms with Crippen LogP contribution in [-0.4, -0.2) is 49.8 Å². The molecule has 30 heavy (non-hydrogen) atoms. The molecule has 5 rings (SSSR count). The van der Waals surface area contributed by atoms with Gasteiger partial charge in [0.25, 0.3) is 5.91 Å². The number of rotatable bonds is 5. The Kier molecular flexibility index (Phi) is 4.71. The summed E-state index contributed by atoms with van der Waals surface area (Å²) in [6.45, 7) is 2.22. The number of pyridine rings is 2. The number of aryl methyl sites for hydroxylation is 1. The van der Waals surface area contributed by atoms with Crippen molar-refractivity contribution in [2.75, 3.05) is 6.61 Å². The molecule has 2 atom stereocenters. The molecule has 3 aromatic rings. The second kappa shape index (κ2) is 7.53. The average molecular weight is 405 g/mol. The molecular weight excluding hydrogens is 382 g/mol. The van der Waals surface area contributed by atoms with E-state index in [9.17, 15) is 9.59 Å². The first-order valence-corrected chi connectivity index (χ1v) is 10.1. The van der Waals surface area contributed by atoms with Crippen LogP contribution in [0.25, 0.3) is 5.65 Å². The molecule has 1 aliphatic carbocycles. The molecule has 2 aliphatic rings. The molecule has 1 saturated carbocycles. The molecule has 4 heterocycles. The minimum Gasteiger partial charge on any atom is -0.356 e. The van der Waals surface area contributed by atoms with E-state index in [-0.39, 0.29) is 31.0 Å². The highest BCUT2D eigenvalue weighted by Crippen LogP contribution is 2.39. The van der Waals surface area contributed by atoms with Crippen molar-refractivity contribution < 1.29 is 14.3 Å². The van der Waals surface area contributed by atoms with E-state index in [4.69, 9.17) is 4.74 Å². The van der Waals surface area contributed by atoms with Crippen molar-refractivity contribution in [3.05, 3.63) is 65.9 Å². The maximum atomic E-state index is 13.1. The Morgan fingerprint density at radius 2 is 2.20 bits per heavy atom. The van der Waals surface area contributed by atoms with Crippen LogP contribution in [0.3, 0.4) is 0 Å². The van der Waals surface area contributed by atoms with Gasteiger partial charge in [0.1, 0.15) is 12.3 Å². The van der Waals surface area contributed by atoms with Gasteiger partial charge in [0.2, 0.25) is 5.91 Å². The zero-order valence-corrected chi connectivity index (χ0v) is 16.7. The molecule has 1 saturated heterocycles. The van der Waals surface area contributed by atoms with Crippen molar-refractivity contribution in [3.63, 3.8) is 0 Å². The molecule has 154 valence electrons. The standard InChI is InChI=1S/C22H23N5O3/c1-14-6-8-26-12-16(25-18(26)9-14)11-24-22(29)21-20(15-3-2-7-23-10-15)27(17-4-5-17)19(28)13-30-21/h2-3,6-10,12,17,20-21H,4-5,11,13H2,1H3,(H,24,29)/t20-,21+/m1/s1. The number of carbonyl (C=O) groups is 2. The lowest BCUT2D eigenvalue weighted by Gasteiger charge is -2.40. The number of nitrogens with zero attached hydrogens (tertiary/aromatic N) is 4. The van der Waals surface area contributed by atoms with Gasteiger partial charge in [-0.25, -0.2) is 4.98 Å². The zero-order chi connectivity index (χ0) is 20.7. The van der Waals surface area contributed by atoms with Crippen molar-refractivity contribution in [1.29, 1.82) is 0 Å². The second-order valence-electron chi connectivity index (χ2n) is 7.91. The van der Waals surface area contributed by atoms with E-state index < -0.39 is 12.1 Å². The molecule has 1 aliphatic heterocycles. The van der Waals surface area contributed by atoms with Gasteiger partial charge in [-0.2, -0.15) is 0 Å². The second-order valence-corrected chi connectivity index (χ2v) is 7.91. The maximum Gasteiger partial charge on any atom is 0.252 e. The summed E-state index contributed by atoms with van der Waals surface area (Å²) in [5.74, 6) is -0.332. The van der Waals surface area contributed by atoms with Crippen LogP contribution in [0.2, 0.25) is 0 Å². The van der Waals surface area contributed by atoms with Crippen LogP contribution in [0.5, 0.6) is 0 Å². The van der Waals surface area contributed by atoms with E-state index in [0.717, 1.165) is 35.3 Å². The van der Waals surface area contributed by atoms with Crippen molar-refractivity contribution in [3.8, 4) is 0 Å². The Hall–Kier alpha value is -3.26. The smallest absolute Gasteiger partial charge is 0.252 e. The molecule has 2 fully saturated rings. The summed E-state index contributed by atoms with van der Waals surface area (Å²) >= 11 is 0. The first-order valence-electron chi connectivity index (χ1n) is 10.1. The summed E-state index contributed by atoms with van der Waals surface area (Å²) in [6, 6.07) is 7.40. The number of hydrogen-bond acceptors (Lipinski definition) is 5. The SMILES string of the molecule is Cc1ccn2cc(CNC(=O)[C@H]3OCC(=O)N(C4CC4)[C@@H]3c3cccnc3)nc2c1. The van der Waals surface area contributed by atoms with Crippen LogP contribution in [0.4, 0.5) is 0 Å². The molecule has 0 unspecified atom stereocenters. The number of ether oxygens (including phenoxy) is 1. The number of nitrogens with one attached hydrogen (secondary N) is 1. The lowest BCUT2D eigenvalue weighted by atomic mass is 9.98. The van der Waals surface area contributed by atoms with Gasteiger partial charge < -0.3 is 19.4 Å². The van der Waals surface area contributed by atoms with Crippen molar-refractivity contribution in [2.24, 2.45) is 0 Å². The van der Waals surface area contributed by atoms with E-state index in [2.05, 4.69) is 15.3 Å². The predicted molar refractivity (Wildman–Crippen MR) is 108 cm³/mol. The highest BCUT2D eigenvalue weighted by Gasteiger charge is 2.47. The van der Waals surface area contributed by atoms with Crippen LogP contribution in [0.15, 0.2) is 49.1 Å². The predicted octanol–water partition coefficient (Wildman–Crippen LogP) is 1.79. The van der Waals surface area contributed by atoms with Gasteiger partial charge in [-0.15, -0.1) is 0 Å². The summed E-state index contributed by atoms with van der Waals surface area (Å²) in [7, 11) is 0. The fourth-order valence-electron chi connectivity index (χ4n) is 4.02. The number of imidazole rings is 1. The summed E-state index contributed by atoms with van der Waals surface area (Å²) in [6.07, 6.45) is 8.35. The van der Waals surface area contributed by atoms with E-state index in [1.165, 1.54) is 0 Å². The molecule has 0 radical (unpaired) electrons. The quantitative estimate of drug-likeness (QED) is 0.699. The van der Waals surface area contributed by atoms with Crippen LogP contribution < -0.4 is 5.32 Å². The number of carbonyl (C=O) groups excluding carboxylic acids is 2. The lowest BCUT2D eigenvalue weighted by molar-refractivity contribution is -0.165. The summed E-state index contributed by atoms with van der Waals surface area (Å²) in [5.41, 5.74) is 3.54. The Bertz CT molecular complexity index is 1090. The molecule has 1 N–H and O–H groups in total. The molecule has 0 bridgehead atoms. The van der Waals surface area contributed by atoms with Gasteiger partial charge in [0.15, 0.2) is 6.10 Å². The maximum absolute atomic E-state index is 13.1. The van der Waals surface area contributed by atoms with Crippen LogP contribution in [0.1, 0.15) is 35.7 Å². The van der Waals surface area contributed by atoms with Crippen molar-refractivity contribution >= 4 is 17.5 Å². The van der Waals surface area contributed by atoms with Gasteiger partial charge in [-0.05, 0) is 49.1 Å². The number of aromatic nitrogens is 3. The highest BCUT2D eigenvalue weighted by atomic mass is 16.5. The Balaban J connectivity index is 1.36. The molecule has 3 aromatic heterocycles. The molecule has 0 spiro atoms. The van der Waals surface area contributed by atoms with Gasteiger partial charge in [-0.1, -0.05) is 6.07 Å². The zero-order valence-electron chi connectivity index (χ0n) is 16.7. The van der Waals surface area contributed by atoms with E-state index >= 15 is 0 Å². The van der Waals surface area contributed by atoms with Crippen LogP contribution in [-0.2, 0) is 20.9 Å². The van der Waals surface area contributed by atoms with Gasteiger partial charge in [0.05, 0.1) is 18.3 Å². The average Bonchev–Trinajstić information content (AvgIpc) is 3.51. The third-order valence-electron chi connectivity index (χ3n) is 5.59. The molecule has 8 heteroatoms. The van der Waals surface area contributed by atoms with E-state index in [1.807, 2.05) is 52.9 Å². The Morgan fingerprint density at radius 3 is 2.97 bits per heavy atom. The number of fused-ring (bicyclic) bond motifs is 1. The molecular formula is C22H23N5O3. The summed E-state index contributed by atoms with van der Waals surface area (Å²) in [5, 5.41) is 2.94. The largest absolute Gasteiger partial charge is 0.356 e. The number of amides is 2. The molecule has 0 aromatic carbocycles. The third-order valence-corrected chi connectivity index (χ3v) is 5.59. The van der Waals surface area contributed by atoms with Crippen molar-refractivity contribution in [2.45, 2.75) is 44.5 Å². The number of hydrogen-bond donors (Lipinski definition) is 1. The molecule has 2 amide bonds. The first-order chi connectivity index (χ1) is 14.6. The van der Waals surface area contributed by atoms with Crippen molar-refractivity contribution in [1.82, 2.24) is 24.6 Å². The minimum absolute atomic E-state index is 0.0777. The van der Waals surface area contributed by atoms with Gasteiger partial charge in [0, 0.05) is 30.8 Å². The highest BCUT2D eigenvalue weighted by molar-refractivity contribution is 5.86. The summed E-state index contributed by atoms with van der Waals surface area (Å²) < 4.78 is 7.66. The number of morpholine rings is 1. The van der Waals surface area contributed by atoms with Crippen LogP contribution >= 0.6 is 0 Å². The van der Waals surface area contributed by atoms with Crippen LogP contribution in [0, 0.1) is 6.92 Å². The van der Waals surface area contributed by atoms with Gasteiger partial charge >= 0.3 is 0 Å².